The molecule has 0 heterocycles. The summed E-state index contributed by atoms with van der Waals surface area (Å²) in [6.45, 7) is 1.06. The van der Waals surface area contributed by atoms with E-state index in [1.807, 2.05) is 61.6 Å². The maximum absolute atomic E-state index is 13.0. The Morgan fingerprint density at radius 2 is 1.79 bits per heavy atom. The SMILES string of the molecule is CN(CCOc1ccccc1)C(=O)C1(c2ccc(Cl)cc2)CCC1. The Hall–Kier alpha value is -2.00. The van der Waals surface area contributed by atoms with Crippen molar-refractivity contribution in [3.8, 4) is 5.75 Å². The number of amides is 1. The van der Waals surface area contributed by atoms with Crippen LogP contribution in [-0.4, -0.2) is 31.0 Å². The normalized spacial score (nSPS) is 15.4. The van der Waals surface area contributed by atoms with Crippen LogP contribution in [0.5, 0.6) is 5.75 Å². The third kappa shape index (κ3) is 3.41. The van der Waals surface area contributed by atoms with Crippen molar-refractivity contribution in [3.63, 3.8) is 0 Å². The van der Waals surface area contributed by atoms with Crippen LogP contribution in [0, 0.1) is 0 Å². The Balaban J connectivity index is 1.62. The first kappa shape index (κ1) is 16.8. The summed E-state index contributed by atoms with van der Waals surface area (Å²) in [4.78, 5) is 14.8. The first-order chi connectivity index (χ1) is 11.6. The second kappa shape index (κ2) is 7.27. The van der Waals surface area contributed by atoms with Gasteiger partial charge in [-0.1, -0.05) is 48.4 Å². The van der Waals surface area contributed by atoms with E-state index in [0.717, 1.165) is 30.6 Å². The maximum atomic E-state index is 13.0. The second-order valence-corrected chi connectivity index (χ2v) is 6.77. The molecule has 0 saturated heterocycles. The third-order valence-electron chi connectivity index (χ3n) is 4.80. The van der Waals surface area contributed by atoms with Gasteiger partial charge in [-0.25, -0.2) is 0 Å². The molecule has 1 amide bonds. The highest BCUT2D eigenvalue weighted by Gasteiger charge is 2.46. The summed E-state index contributed by atoms with van der Waals surface area (Å²) in [6, 6.07) is 17.4. The zero-order valence-electron chi connectivity index (χ0n) is 13.9. The van der Waals surface area contributed by atoms with E-state index >= 15 is 0 Å². The van der Waals surface area contributed by atoms with E-state index in [2.05, 4.69) is 0 Å². The smallest absolute Gasteiger partial charge is 0.233 e. The molecule has 1 aliphatic rings. The Morgan fingerprint density at radius 1 is 1.12 bits per heavy atom. The summed E-state index contributed by atoms with van der Waals surface area (Å²) in [5.41, 5.74) is 0.686. The predicted octanol–water partition coefficient (Wildman–Crippen LogP) is 4.30. The van der Waals surface area contributed by atoms with Gasteiger partial charge in [0.1, 0.15) is 12.4 Å². The van der Waals surface area contributed by atoms with Crippen LogP contribution in [0.4, 0.5) is 0 Å². The largest absolute Gasteiger partial charge is 0.492 e. The lowest BCUT2D eigenvalue weighted by atomic mass is 9.63. The molecule has 0 N–H and O–H groups in total. The molecule has 1 saturated carbocycles. The molecule has 2 aromatic rings. The van der Waals surface area contributed by atoms with Gasteiger partial charge >= 0.3 is 0 Å². The monoisotopic (exact) mass is 343 g/mol. The van der Waals surface area contributed by atoms with Gasteiger partial charge in [-0.05, 0) is 42.7 Å². The van der Waals surface area contributed by atoms with Crippen LogP contribution in [0.2, 0.25) is 5.02 Å². The highest BCUT2D eigenvalue weighted by atomic mass is 35.5. The lowest BCUT2D eigenvalue weighted by Gasteiger charge is -2.43. The standard InChI is InChI=1S/C20H22ClNO2/c1-22(14-15-24-18-6-3-2-4-7-18)19(23)20(12-5-13-20)16-8-10-17(21)11-9-16/h2-4,6-11H,5,12-15H2,1H3. The summed E-state index contributed by atoms with van der Waals surface area (Å²) in [7, 11) is 1.85. The molecule has 3 rings (SSSR count). The Bertz CT molecular complexity index is 681. The van der Waals surface area contributed by atoms with Gasteiger partial charge in [0.05, 0.1) is 12.0 Å². The van der Waals surface area contributed by atoms with Gasteiger partial charge in [-0.3, -0.25) is 4.79 Å². The van der Waals surface area contributed by atoms with Crippen LogP contribution >= 0.6 is 11.6 Å². The molecule has 1 aliphatic carbocycles. The van der Waals surface area contributed by atoms with Crippen molar-refractivity contribution < 1.29 is 9.53 Å². The topological polar surface area (TPSA) is 29.5 Å². The molecular weight excluding hydrogens is 322 g/mol. The minimum atomic E-state index is -0.383. The summed E-state index contributed by atoms with van der Waals surface area (Å²) in [5.74, 6) is 1.00. The molecule has 0 unspecified atom stereocenters. The predicted molar refractivity (Wildman–Crippen MR) is 96.6 cm³/mol. The first-order valence-corrected chi connectivity index (χ1v) is 8.69. The number of nitrogens with zero attached hydrogens (tertiary/aromatic N) is 1. The molecule has 24 heavy (non-hydrogen) atoms. The second-order valence-electron chi connectivity index (χ2n) is 6.33. The summed E-state index contributed by atoms with van der Waals surface area (Å²) < 4.78 is 5.70. The minimum absolute atomic E-state index is 0.174. The van der Waals surface area contributed by atoms with E-state index in [1.54, 1.807) is 4.90 Å². The molecule has 0 bridgehead atoms. The highest BCUT2D eigenvalue weighted by Crippen LogP contribution is 2.45. The summed E-state index contributed by atoms with van der Waals surface area (Å²) in [6.07, 6.45) is 2.89. The molecule has 0 atom stereocenters. The fourth-order valence-electron chi connectivity index (χ4n) is 3.21. The van der Waals surface area contributed by atoms with Gasteiger partial charge in [0.25, 0.3) is 0 Å². The number of halogens is 1. The highest BCUT2D eigenvalue weighted by molar-refractivity contribution is 6.30. The first-order valence-electron chi connectivity index (χ1n) is 8.31. The van der Waals surface area contributed by atoms with Gasteiger partial charge in [0.2, 0.25) is 5.91 Å². The Labute approximate surface area is 148 Å². The fraction of sp³-hybridized carbons (Fsp3) is 0.350. The van der Waals surface area contributed by atoms with Gasteiger partial charge in [0.15, 0.2) is 0 Å². The number of carbonyl (C=O) groups excluding carboxylic acids is 1. The van der Waals surface area contributed by atoms with Gasteiger partial charge < -0.3 is 9.64 Å². The lowest BCUT2D eigenvalue weighted by molar-refractivity contribution is -0.139. The molecule has 4 heteroatoms. The minimum Gasteiger partial charge on any atom is -0.492 e. The molecule has 2 aromatic carbocycles. The van der Waals surface area contributed by atoms with Crippen molar-refractivity contribution in [1.82, 2.24) is 4.90 Å². The molecule has 0 radical (unpaired) electrons. The van der Waals surface area contributed by atoms with Gasteiger partial charge in [-0.2, -0.15) is 0 Å². The molecule has 0 aliphatic heterocycles. The van der Waals surface area contributed by atoms with Gasteiger partial charge in [0, 0.05) is 12.1 Å². The maximum Gasteiger partial charge on any atom is 0.233 e. The quantitative estimate of drug-likeness (QED) is 0.782. The number of para-hydroxylation sites is 1. The van der Waals surface area contributed by atoms with Crippen LogP contribution in [0.1, 0.15) is 24.8 Å². The molecule has 3 nitrogen and oxygen atoms in total. The molecular formula is C20H22ClNO2. The average molecular weight is 344 g/mol. The van der Waals surface area contributed by atoms with E-state index < -0.39 is 0 Å². The lowest BCUT2D eigenvalue weighted by Crippen LogP contribution is -2.50. The Kier molecular flexibility index (Phi) is 5.10. The van der Waals surface area contributed by atoms with Crippen LogP contribution in [-0.2, 0) is 10.2 Å². The fourth-order valence-corrected chi connectivity index (χ4v) is 3.34. The number of hydrogen-bond donors (Lipinski definition) is 0. The number of benzene rings is 2. The van der Waals surface area contributed by atoms with Crippen molar-refractivity contribution >= 4 is 17.5 Å². The van der Waals surface area contributed by atoms with E-state index in [1.165, 1.54) is 0 Å². The molecule has 126 valence electrons. The van der Waals surface area contributed by atoms with Crippen molar-refractivity contribution in [2.75, 3.05) is 20.2 Å². The zero-order chi connectivity index (χ0) is 17.0. The Morgan fingerprint density at radius 3 is 2.38 bits per heavy atom. The van der Waals surface area contributed by atoms with Crippen LogP contribution < -0.4 is 4.74 Å². The van der Waals surface area contributed by atoms with Crippen molar-refractivity contribution in [3.05, 3.63) is 65.2 Å². The number of likely N-dealkylation sites (N-methyl/N-ethyl adjacent to an activating group) is 1. The third-order valence-corrected chi connectivity index (χ3v) is 5.05. The number of carbonyl (C=O) groups is 1. The summed E-state index contributed by atoms with van der Waals surface area (Å²) >= 11 is 5.98. The van der Waals surface area contributed by atoms with E-state index in [-0.39, 0.29) is 11.3 Å². The van der Waals surface area contributed by atoms with Gasteiger partial charge in [-0.15, -0.1) is 0 Å². The molecule has 0 spiro atoms. The number of hydrogen-bond acceptors (Lipinski definition) is 2. The zero-order valence-corrected chi connectivity index (χ0v) is 14.6. The summed E-state index contributed by atoms with van der Waals surface area (Å²) in [5, 5.41) is 0.699. The molecule has 1 fully saturated rings. The van der Waals surface area contributed by atoms with Crippen LogP contribution in [0.3, 0.4) is 0 Å². The van der Waals surface area contributed by atoms with E-state index in [4.69, 9.17) is 16.3 Å². The van der Waals surface area contributed by atoms with E-state index in [9.17, 15) is 4.79 Å². The van der Waals surface area contributed by atoms with Crippen molar-refractivity contribution in [2.45, 2.75) is 24.7 Å². The number of rotatable bonds is 6. The van der Waals surface area contributed by atoms with Crippen molar-refractivity contribution in [1.29, 1.82) is 0 Å². The van der Waals surface area contributed by atoms with Crippen LogP contribution in [0.15, 0.2) is 54.6 Å². The van der Waals surface area contributed by atoms with E-state index in [0.29, 0.717) is 18.2 Å². The van der Waals surface area contributed by atoms with Crippen molar-refractivity contribution in [2.24, 2.45) is 0 Å². The average Bonchev–Trinajstić information content (AvgIpc) is 2.56. The van der Waals surface area contributed by atoms with Crippen LogP contribution in [0.25, 0.3) is 0 Å². The number of ether oxygens (including phenoxy) is 1. The molecule has 0 aromatic heterocycles.